The summed E-state index contributed by atoms with van der Waals surface area (Å²) in [6.45, 7) is 0. The molecular weight excluding hydrogens is 665 g/mol. The number of fused-ring (bicyclic) bond motifs is 5. The Morgan fingerprint density at radius 2 is 0.891 bits per heavy atom. The van der Waals surface area contributed by atoms with Crippen LogP contribution in [0.1, 0.15) is 0 Å². The molecule has 1 aromatic heterocycles. The Morgan fingerprint density at radius 3 is 1.60 bits per heavy atom. The van der Waals surface area contributed by atoms with E-state index in [1.807, 2.05) is 12.4 Å². The molecular formula is C53H34N2. The van der Waals surface area contributed by atoms with Gasteiger partial charge >= 0.3 is 0 Å². The Bertz CT molecular complexity index is 2980. The Kier molecular flexibility index (Phi) is 7.21. The second-order valence-corrected chi connectivity index (χ2v) is 14.3. The Hall–Kier alpha value is -7.29. The Morgan fingerprint density at radius 1 is 0.345 bits per heavy atom. The van der Waals surface area contributed by atoms with Crippen LogP contribution in [0.2, 0.25) is 0 Å². The Balaban J connectivity index is 1.16. The first kappa shape index (κ1) is 31.3. The second kappa shape index (κ2) is 12.7. The van der Waals surface area contributed by atoms with Gasteiger partial charge in [-0.15, -0.1) is 0 Å². The van der Waals surface area contributed by atoms with Crippen molar-refractivity contribution in [2.24, 2.45) is 0 Å². The summed E-state index contributed by atoms with van der Waals surface area (Å²) in [6, 6.07) is 70.7. The number of aromatic nitrogens is 1. The molecule has 1 heterocycles. The molecule has 0 spiro atoms. The molecule has 0 saturated carbocycles. The molecule has 9 aromatic carbocycles. The van der Waals surface area contributed by atoms with Gasteiger partial charge in [-0.05, 0) is 114 Å². The number of anilines is 3. The van der Waals surface area contributed by atoms with E-state index in [1.165, 1.54) is 77.2 Å². The zero-order valence-corrected chi connectivity index (χ0v) is 30.0. The van der Waals surface area contributed by atoms with Gasteiger partial charge in [0.15, 0.2) is 0 Å². The van der Waals surface area contributed by atoms with E-state index >= 15 is 0 Å². The van der Waals surface area contributed by atoms with Gasteiger partial charge in [-0.25, -0.2) is 0 Å². The lowest BCUT2D eigenvalue weighted by atomic mass is 9.82. The van der Waals surface area contributed by atoms with Crippen LogP contribution in [-0.4, -0.2) is 4.98 Å². The minimum atomic E-state index is 1.10. The average molecular weight is 699 g/mol. The first-order valence-electron chi connectivity index (χ1n) is 18.9. The van der Waals surface area contributed by atoms with E-state index in [0.717, 1.165) is 27.8 Å². The molecule has 0 bridgehead atoms. The van der Waals surface area contributed by atoms with Gasteiger partial charge in [0.25, 0.3) is 0 Å². The fourth-order valence-electron chi connectivity index (χ4n) is 8.98. The molecule has 0 N–H and O–H groups in total. The summed E-state index contributed by atoms with van der Waals surface area (Å²) in [4.78, 5) is 6.78. The molecule has 55 heavy (non-hydrogen) atoms. The van der Waals surface area contributed by atoms with Gasteiger partial charge in [0.05, 0.1) is 5.69 Å². The van der Waals surface area contributed by atoms with E-state index in [4.69, 9.17) is 0 Å². The molecule has 0 fully saturated rings. The number of pyridine rings is 1. The third-order valence-electron chi connectivity index (χ3n) is 11.2. The fraction of sp³-hybridized carbons (Fsp3) is 0. The van der Waals surface area contributed by atoms with E-state index in [9.17, 15) is 0 Å². The summed E-state index contributed by atoms with van der Waals surface area (Å²) in [6.07, 6.45) is 3.82. The summed E-state index contributed by atoms with van der Waals surface area (Å²) < 4.78 is 0. The molecule has 0 saturated heterocycles. The summed E-state index contributed by atoms with van der Waals surface area (Å²) in [5.74, 6) is 0. The third-order valence-corrected chi connectivity index (χ3v) is 11.2. The van der Waals surface area contributed by atoms with Crippen LogP contribution in [0.15, 0.2) is 207 Å². The van der Waals surface area contributed by atoms with Gasteiger partial charge < -0.3 is 4.90 Å². The van der Waals surface area contributed by atoms with Gasteiger partial charge in [-0.3, -0.25) is 4.98 Å². The van der Waals surface area contributed by atoms with E-state index in [1.54, 1.807) is 0 Å². The number of para-hydroxylation sites is 1. The van der Waals surface area contributed by atoms with E-state index in [-0.39, 0.29) is 0 Å². The van der Waals surface area contributed by atoms with Crippen LogP contribution in [-0.2, 0) is 0 Å². The van der Waals surface area contributed by atoms with E-state index in [2.05, 4.69) is 204 Å². The van der Waals surface area contributed by atoms with Crippen molar-refractivity contribution in [1.29, 1.82) is 0 Å². The third kappa shape index (κ3) is 4.92. The lowest BCUT2D eigenvalue weighted by Crippen LogP contribution is -2.10. The standard InChI is InChI=1S/C53H34N2/c1-4-15-35(16-5-1)49-44-24-10-11-25-45(44)50(36-17-6-2-7-18-36)53-47-30-29-41(43-26-14-27-46(51(43)47)52(49)53)37-19-12-23-40(33-37)55(39-21-8-3-9-22-39)48-28-13-20-38-34-54-32-31-42(38)48/h1-34H. The number of hydrogen-bond acceptors (Lipinski definition) is 2. The van der Waals surface area contributed by atoms with Crippen molar-refractivity contribution in [3.8, 4) is 55.6 Å². The zero-order chi connectivity index (χ0) is 36.3. The fourth-order valence-corrected chi connectivity index (χ4v) is 8.98. The molecule has 256 valence electrons. The molecule has 1 aliphatic rings. The maximum Gasteiger partial charge on any atom is 0.0541 e. The summed E-state index contributed by atoms with van der Waals surface area (Å²) in [5, 5.41) is 7.38. The minimum Gasteiger partial charge on any atom is -0.310 e. The predicted molar refractivity (Wildman–Crippen MR) is 232 cm³/mol. The van der Waals surface area contributed by atoms with Crippen LogP contribution in [0.25, 0.3) is 88.0 Å². The van der Waals surface area contributed by atoms with Crippen LogP contribution in [0.3, 0.4) is 0 Å². The van der Waals surface area contributed by atoms with Crippen molar-refractivity contribution in [2.75, 3.05) is 4.90 Å². The molecule has 10 aromatic rings. The molecule has 0 atom stereocenters. The lowest BCUT2D eigenvalue weighted by molar-refractivity contribution is 1.29. The first-order chi connectivity index (χ1) is 27.3. The SMILES string of the molecule is c1ccc(-c2c3c(c(-c4ccccc4)c4ccccc24)-c2ccc(-c4cccc(N(c5ccccc5)c5cccc6cnccc56)c4)c4cccc-3c24)cc1. The molecule has 0 amide bonds. The van der Waals surface area contributed by atoms with Crippen LogP contribution in [0.4, 0.5) is 17.1 Å². The number of hydrogen-bond donors (Lipinski definition) is 0. The monoisotopic (exact) mass is 698 g/mol. The number of rotatable bonds is 6. The average Bonchev–Trinajstić information content (AvgIpc) is 3.59. The zero-order valence-electron chi connectivity index (χ0n) is 30.0. The van der Waals surface area contributed by atoms with Crippen molar-refractivity contribution >= 4 is 49.4 Å². The van der Waals surface area contributed by atoms with Crippen LogP contribution >= 0.6 is 0 Å². The van der Waals surface area contributed by atoms with Crippen LogP contribution in [0.5, 0.6) is 0 Å². The molecule has 1 aliphatic carbocycles. The van der Waals surface area contributed by atoms with Crippen molar-refractivity contribution in [3.63, 3.8) is 0 Å². The maximum atomic E-state index is 4.42. The molecule has 0 unspecified atom stereocenters. The van der Waals surface area contributed by atoms with Crippen molar-refractivity contribution in [1.82, 2.24) is 4.98 Å². The van der Waals surface area contributed by atoms with Gasteiger partial charge in [0, 0.05) is 34.5 Å². The largest absolute Gasteiger partial charge is 0.310 e. The van der Waals surface area contributed by atoms with Gasteiger partial charge in [-0.2, -0.15) is 0 Å². The van der Waals surface area contributed by atoms with Crippen LogP contribution < -0.4 is 4.90 Å². The number of nitrogens with zero attached hydrogens (tertiary/aromatic N) is 2. The minimum absolute atomic E-state index is 1.10. The maximum absolute atomic E-state index is 4.42. The molecule has 0 radical (unpaired) electrons. The molecule has 0 aliphatic heterocycles. The highest BCUT2D eigenvalue weighted by molar-refractivity contribution is 6.28. The Labute approximate surface area is 320 Å². The molecule has 2 heteroatoms. The normalized spacial score (nSPS) is 11.6. The highest BCUT2D eigenvalue weighted by Crippen LogP contribution is 2.58. The second-order valence-electron chi connectivity index (χ2n) is 14.3. The van der Waals surface area contributed by atoms with Crippen molar-refractivity contribution in [3.05, 3.63) is 207 Å². The summed E-state index contributed by atoms with van der Waals surface area (Å²) >= 11 is 0. The topological polar surface area (TPSA) is 16.1 Å². The van der Waals surface area contributed by atoms with Crippen molar-refractivity contribution < 1.29 is 0 Å². The smallest absolute Gasteiger partial charge is 0.0541 e. The predicted octanol–water partition coefficient (Wildman–Crippen LogP) is 14.7. The van der Waals surface area contributed by atoms with Gasteiger partial charge in [-0.1, -0.05) is 158 Å². The first-order valence-corrected chi connectivity index (χ1v) is 18.9. The highest BCUT2D eigenvalue weighted by atomic mass is 15.1. The number of benzene rings is 9. The van der Waals surface area contributed by atoms with E-state index in [0.29, 0.717) is 0 Å². The van der Waals surface area contributed by atoms with Crippen molar-refractivity contribution in [2.45, 2.75) is 0 Å². The summed E-state index contributed by atoms with van der Waals surface area (Å²) in [7, 11) is 0. The molecule has 11 rings (SSSR count). The van der Waals surface area contributed by atoms with E-state index < -0.39 is 0 Å². The van der Waals surface area contributed by atoms with Gasteiger partial charge in [0.1, 0.15) is 0 Å². The quantitative estimate of drug-likeness (QED) is 0.172. The van der Waals surface area contributed by atoms with Crippen LogP contribution in [0, 0.1) is 0 Å². The summed E-state index contributed by atoms with van der Waals surface area (Å²) in [5.41, 5.74) is 16.0. The highest BCUT2D eigenvalue weighted by Gasteiger charge is 2.31. The lowest BCUT2D eigenvalue weighted by Gasteiger charge is -2.27. The van der Waals surface area contributed by atoms with Gasteiger partial charge in [0.2, 0.25) is 0 Å². The molecule has 2 nitrogen and oxygen atoms in total.